The maximum Gasteiger partial charge on any atom is 0.264 e. The highest BCUT2D eigenvalue weighted by molar-refractivity contribution is 6.01. The molecule has 6 rings (SSSR count). The molecule has 4 aromatic heterocycles. The van der Waals surface area contributed by atoms with Crippen molar-refractivity contribution in [3.05, 3.63) is 124 Å². The molecule has 2 aromatic carbocycles. The van der Waals surface area contributed by atoms with Gasteiger partial charge in [0.1, 0.15) is 11.3 Å². The largest absolute Gasteiger partial charge is 0.344 e. The second kappa shape index (κ2) is 10.0. The number of para-hydroxylation sites is 1. The van der Waals surface area contributed by atoms with Gasteiger partial charge in [0.2, 0.25) is 0 Å². The van der Waals surface area contributed by atoms with Gasteiger partial charge < -0.3 is 9.88 Å². The lowest BCUT2D eigenvalue weighted by Gasteiger charge is -2.21. The van der Waals surface area contributed by atoms with Crippen LogP contribution in [0.15, 0.2) is 90.4 Å². The summed E-state index contributed by atoms with van der Waals surface area (Å²) in [5.41, 5.74) is 3.90. The van der Waals surface area contributed by atoms with E-state index in [1.54, 1.807) is 47.0 Å². The van der Waals surface area contributed by atoms with Crippen LogP contribution in [0.25, 0.3) is 22.1 Å². The SMILES string of the molecule is Cc1nn2cccnc2c1C(=O)N[C@@H](C)c1cc2cccc(C#Cc3cncn3C)c2c(=O)n1-c1ccccc1. The second-order valence-electron chi connectivity index (χ2n) is 9.50. The Balaban J connectivity index is 1.48. The first-order valence-electron chi connectivity index (χ1n) is 12.8. The lowest BCUT2D eigenvalue weighted by molar-refractivity contribution is 0.0939. The number of aromatic nitrogens is 6. The van der Waals surface area contributed by atoms with Gasteiger partial charge in [-0.05, 0) is 55.5 Å². The van der Waals surface area contributed by atoms with Gasteiger partial charge in [-0.25, -0.2) is 14.5 Å². The molecule has 0 aliphatic heterocycles. The summed E-state index contributed by atoms with van der Waals surface area (Å²) in [6.45, 7) is 3.64. The summed E-state index contributed by atoms with van der Waals surface area (Å²) in [5, 5.41) is 8.71. The molecule has 9 heteroatoms. The van der Waals surface area contributed by atoms with Crippen LogP contribution in [-0.4, -0.2) is 34.6 Å². The molecule has 0 fully saturated rings. The molecular formula is C31H25N7O2. The summed E-state index contributed by atoms with van der Waals surface area (Å²) >= 11 is 0. The average Bonchev–Trinajstić information content (AvgIpc) is 3.53. The van der Waals surface area contributed by atoms with E-state index in [9.17, 15) is 9.59 Å². The number of hydrogen-bond acceptors (Lipinski definition) is 5. The van der Waals surface area contributed by atoms with Crippen molar-refractivity contribution in [3.8, 4) is 17.5 Å². The van der Waals surface area contributed by atoms with E-state index >= 15 is 0 Å². The predicted molar refractivity (Wildman–Crippen MR) is 152 cm³/mol. The zero-order chi connectivity index (χ0) is 27.8. The molecule has 9 nitrogen and oxygen atoms in total. The van der Waals surface area contributed by atoms with Crippen molar-refractivity contribution >= 4 is 22.3 Å². The van der Waals surface area contributed by atoms with Gasteiger partial charge in [0.15, 0.2) is 5.65 Å². The lowest BCUT2D eigenvalue weighted by atomic mass is 10.0. The van der Waals surface area contributed by atoms with Gasteiger partial charge in [-0.2, -0.15) is 5.10 Å². The summed E-state index contributed by atoms with van der Waals surface area (Å²) < 4.78 is 5.05. The Morgan fingerprint density at radius 2 is 1.88 bits per heavy atom. The first-order chi connectivity index (χ1) is 19.4. The molecule has 196 valence electrons. The number of carbonyl (C=O) groups excluding carboxylic acids is 1. The molecule has 0 saturated carbocycles. The number of carbonyl (C=O) groups is 1. The third-order valence-corrected chi connectivity index (χ3v) is 6.82. The summed E-state index contributed by atoms with van der Waals surface area (Å²) in [6.07, 6.45) is 6.74. The monoisotopic (exact) mass is 527 g/mol. The number of aryl methyl sites for hydroxylation is 2. The van der Waals surface area contributed by atoms with E-state index < -0.39 is 6.04 Å². The number of hydrogen-bond donors (Lipinski definition) is 1. The van der Waals surface area contributed by atoms with E-state index in [1.165, 1.54) is 0 Å². The smallest absolute Gasteiger partial charge is 0.264 e. The molecule has 0 aliphatic carbocycles. The molecule has 0 bridgehead atoms. The molecule has 0 saturated heterocycles. The van der Waals surface area contributed by atoms with Crippen molar-refractivity contribution in [1.82, 2.24) is 34.0 Å². The minimum Gasteiger partial charge on any atom is -0.344 e. The minimum absolute atomic E-state index is 0.219. The summed E-state index contributed by atoms with van der Waals surface area (Å²) in [7, 11) is 1.87. The third kappa shape index (κ3) is 4.31. The van der Waals surface area contributed by atoms with Crippen molar-refractivity contribution in [2.24, 2.45) is 7.05 Å². The molecule has 6 aromatic rings. The number of amides is 1. The van der Waals surface area contributed by atoms with Crippen molar-refractivity contribution in [3.63, 3.8) is 0 Å². The Kier molecular flexibility index (Phi) is 6.21. The normalized spacial score (nSPS) is 11.8. The number of fused-ring (bicyclic) bond motifs is 2. The van der Waals surface area contributed by atoms with Gasteiger partial charge in [0.05, 0.1) is 29.6 Å². The van der Waals surface area contributed by atoms with Crippen LogP contribution in [0, 0.1) is 18.8 Å². The third-order valence-electron chi connectivity index (χ3n) is 6.82. The second-order valence-corrected chi connectivity index (χ2v) is 9.50. The van der Waals surface area contributed by atoms with Crippen LogP contribution in [0.3, 0.4) is 0 Å². The van der Waals surface area contributed by atoms with Crippen LogP contribution >= 0.6 is 0 Å². The zero-order valence-electron chi connectivity index (χ0n) is 22.2. The molecule has 40 heavy (non-hydrogen) atoms. The highest BCUT2D eigenvalue weighted by atomic mass is 16.2. The topological polar surface area (TPSA) is 99.1 Å². The number of pyridine rings is 1. The van der Waals surface area contributed by atoms with Crippen molar-refractivity contribution in [2.45, 2.75) is 19.9 Å². The quantitative estimate of drug-likeness (QED) is 0.350. The highest BCUT2D eigenvalue weighted by Crippen LogP contribution is 2.24. The van der Waals surface area contributed by atoms with Crippen LogP contribution in [0.4, 0.5) is 0 Å². The molecular weight excluding hydrogens is 502 g/mol. The molecule has 0 unspecified atom stereocenters. The molecule has 1 atom stereocenters. The Morgan fingerprint density at radius 3 is 2.65 bits per heavy atom. The number of imidazole rings is 1. The Morgan fingerprint density at radius 1 is 1.05 bits per heavy atom. The molecule has 0 radical (unpaired) electrons. The first-order valence-corrected chi connectivity index (χ1v) is 12.8. The molecule has 4 heterocycles. The zero-order valence-corrected chi connectivity index (χ0v) is 22.2. The predicted octanol–water partition coefficient (Wildman–Crippen LogP) is 3.97. The van der Waals surface area contributed by atoms with Crippen LogP contribution in [0.5, 0.6) is 0 Å². The van der Waals surface area contributed by atoms with Gasteiger partial charge in [0.25, 0.3) is 11.5 Å². The molecule has 1 N–H and O–H groups in total. The summed E-state index contributed by atoms with van der Waals surface area (Å²) in [4.78, 5) is 36.1. The fraction of sp³-hybridized carbons (Fsp3) is 0.129. The van der Waals surface area contributed by atoms with E-state index in [2.05, 4.69) is 32.2 Å². The van der Waals surface area contributed by atoms with Gasteiger partial charge in [0, 0.05) is 36.4 Å². The van der Waals surface area contributed by atoms with Gasteiger partial charge in [-0.1, -0.05) is 36.3 Å². The average molecular weight is 528 g/mol. The molecule has 1 amide bonds. The van der Waals surface area contributed by atoms with Crippen LogP contribution < -0.4 is 10.9 Å². The molecule has 0 spiro atoms. The Bertz CT molecular complexity index is 2020. The maximum absolute atomic E-state index is 14.2. The maximum atomic E-state index is 14.2. The Labute approximate surface area is 229 Å². The number of nitrogens with zero attached hydrogens (tertiary/aromatic N) is 6. The first kappa shape index (κ1) is 24.8. The van der Waals surface area contributed by atoms with E-state index in [-0.39, 0.29) is 11.5 Å². The van der Waals surface area contributed by atoms with Gasteiger partial charge >= 0.3 is 0 Å². The van der Waals surface area contributed by atoms with Crippen molar-refractivity contribution < 1.29 is 4.79 Å². The summed E-state index contributed by atoms with van der Waals surface area (Å²) in [5.74, 6) is 5.96. The Hall–Kier alpha value is -5.49. The minimum atomic E-state index is -0.521. The van der Waals surface area contributed by atoms with Crippen LogP contribution in [-0.2, 0) is 7.05 Å². The van der Waals surface area contributed by atoms with E-state index in [0.29, 0.717) is 39.2 Å². The number of rotatable bonds is 4. The number of benzene rings is 2. The fourth-order valence-corrected chi connectivity index (χ4v) is 4.86. The fourth-order valence-electron chi connectivity index (χ4n) is 4.86. The van der Waals surface area contributed by atoms with E-state index in [4.69, 9.17) is 0 Å². The number of nitrogens with one attached hydrogen (secondary N) is 1. The van der Waals surface area contributed by atoms with Gasteiger partial charge in [-0.15, -0.1) is 0 Å². The van der Waals surface area contributed by atoms with Gasteiger partial charge in [-0.3, -0.25) is 14.2 Å². The van der Waals surface area contributed by atoms with Crippen LogP contribution in [0.2, 0.25) is 0 Å². The molecule has 0 aliphatic rings. The van der Waals surface area contributed by atoms with E-state index in [1.807, 2.05) is 73.1 Å². The van der Waals surface area contributed by atoms with Crippen molar-refractivity contribution in [2.75, 3.05) is 0 Å². The van der Waals surface area contributed by atoms with E-state index in [0.717, 1.165) is 11.1 Å². The highest BCUT2D eigenvalue weighted by Gasteiger charge is 2.23. The van der Waals surface area contributed by atoms with Crippen molar-refractivity contribution in [1.29, 1.82) is 0 Å². The summed E-state index contributed by atoms with van der Waals surface area (Å²) in [6, 6.07) is 18.2. The standard InChI is InChI=1S/C31H25N7O2/c1-20(34-30(39)27-21(2)35-37-16-8-15-33-29(27)37)26-17-23-10-7-9-22(13-14-25-18-32-19-36(25)3)28(23)31(40)38(26)24-11-5-4-6-12-24/h4-12,15-20H,1-3H3,(H,34,39)/t20-/m0/s1. The van der Waals surface area contributed by atoms with Crippen LogP contribution in [0.1, 0.15) is 46.0 Å². The lowest BCUT2D eigenvalue weighted by Crippen LogP contribution is -2.32.